The third-order valence-electron chi connectivity index (χ3n) is 6.28. The molecule has 0 radical (unpaired) electrons. The van der Waals surface area contributed by atoms with Gasteiger partial charge in [0.05, 0.1) is 18.7 Å². The van der Waals surface area contributed by atoms with Gasteiger partial charge >= 0.3 is 5.97 Å². The molecule has 4 rings (SSSR count). The number of rotatable bonds is 7. The molecule has 0 unspecified atom stereocenters. The molecule has 0 spiro atoms. The van der Waals surface area contributed by atoms with Crippen molar-refractivity contribution in [1.29, 1.82) is 0 Å². The van der Waals surface area contributed by atoms with Crippen LogP contribution in [0, 0.1) is 23.7 Å². The van der Waals surface area contributed by atoms with Crippen LogP contribution in [0.1, 0.15) is 29.6 Å². The molecule has 0 heterocycles. The van der Waals surface area contributed by atoms with E-state index in [1.807, 2.05) is 18.2 Å². The van der Waals surface area contributed by atoms with Crippen LogP contribution in [0.5, 0.6) is 5.75 Å². The molecule has 2 fully saturated rings. The molecule has 6 nitrogen and oxygen atoms in total. The monoisotopic (exact) mass is 407 g/mol. The topological polar surface area (TPSA) is 81.7 Å². The first-order valence-electron chi connectivity index (χ1n) is 10.3. The van der Waals surface area contributed by atoms with Crippen molar-refractivity contribution in [3.63, 3.8) is 0 Å². The van der Waals surface area contributed by atoms with Gasteiger partial charge in [-0.25, -0.2) is 0 Å². The van der Waals surface area contributed by atoms with Crippen molar-refractivity contribution >= 4 is 23.3 Å². The van der Waals surface area contributed by atoms with E-state index < -0.39 is 24.4 Å². The van der Waals surface area contributed by atoms with Gasteiger partial charge in [-0.05, 0) is 43.2 Å². The van der Waals surface area contributed by atoms with E-state index in [0.717, 1.165) is 19.3 Å². The molecule has 2 aliphatic rings. The minimum atomic E-state index is -0.476. The maximum atomic E-state index is 13.1. The molecule has 2 aromatic rings. The van der Waals surface area contributed by atoms with Crippen LogP contribution in [-0.2, 0) is 14.3 Å². The Labute approximate surface area is 175 Å². The lowest BCUT2D eigenvalue weighted by Gasteiger charge is -2.28. The Morgan fingerprint density at radius 1 is 0.933 bits per heavy atom. The van der Waals surface area contributed by atoms with Crippen LogP contribution < -0.4 is 10.1 Å². The standard InChI is InChI=1S/C24H25NO5/c1-29-19-10-6-5-9-18(19)25-20(26)14-30-24(28)22-17-12-11-16(13-17)21(22)23(27)15-7-3-2-4-8-15/h2-10,16-17,21-22H,11-14H2,1H3,(H,25,26)/t16-,17-,21-,22+/m0/s1. The number of Topliss-reactive ketones (excluding diaryl/α,β-unsaturated/α-hetero) is 1. The van der Waals surface area contributed by atoms with Crippen LogP contribution in [0.3, 0.4) is 0 Å². The molecule has 4 atom stereocenters. The Bertz CT molecular complexity index is 942. The normalized spacial score (nSPS) is 24.3. The number of carbonyl (C=O) groups excluding carboxylic acids is 3. The molecule has 2 saturated carbocycles. The van der Waals surface area contributed by atoms with Gasteiger partial charge in [0.2, 0.25) is 0 Å². The highest BCUT2D eigenvalue weighted by atomic mass is 16.5. The largest absolute Gasteiger partial charge is 0.495 e. The van der Waals surface area contributed by atoms with Gasteiger partial charge in [0.25, 0.3) is 5.91 Å². The van der Waals surface area contributed by atoms with E-state index in [1.54, 1.807) is 36.4 Å². The van der Waals surface area contributed by atoms with Crippen molar-refractivity contribution in [2.45, 2.75) is 19.3 Å². The maximum Gasteiger partial charge on any atom is 0.310 e. The molecule has 1 amide bonds. The van der Waals surface area contributed by atoms with Gasteiger partial charge in [0.15, 0.2) is 12.4 Å². The summed E-state index contributed by atoms with van der Waals surface area (Å²) in [5, 5.41) is 2.69. The first-order chi connectivity index (χ1) is 14.6. The van der Waals surface area contributed by atoms with Crippen LogP contribution >= 0.6 is 0 Å². The number of benzene rings is 2. The van der Waals surface area contributed by atoms with Crippen LogP contribution in [0.25, 0.3) is 0 Å². The highest BCUT2D eigenvalue weighted by Gasteiger charge is 2.54. The SMILES string of the molecule is COc1ccccc1NC(=O)COC(=O)[C@@H]1[C@H]2CC[C@@H](C2)[C@@H]1C(=O)c1ccccc1. The zero-order chi connectivity index (χ0) is 21.1. The summed E-state index contributed by atoms with van der Waals surface area (Å²) in [6, 6.07) is 16.1. The summed E-state index contributed by atoms with van der Waals surface area (Å²) in [4.78, 5) is 38.3. The summed E-state index contributed by atoms with van der Waals surface area (Å²) >= 11 is 0. The van der Waals surface area contributed by atoms with Gasteiger partial charge < -0.3 is 14.8 Å². The van der Waals surface area contributed by atoms with E-state index in [4.69, 9.17) is 9.47 Å². The fourth-order valence-corrected chi connectivity index (χ4v) is 4.97. The van der Waals surface area contributed by atoms with Gasteiger partial charge in [-0.2, -0.15) is 0 Å². The second kappa shape index (κ2) is 8.69. The number of hydrogen-bond donors (Lipinski definition) is 1. The first kappa shape index (κ1) is 20.1. The molecule has 2 bridgehead atoms. The van der Waals surface area contributed by atoms with Crippen molar-refractivity contribution in [2.24, 2.45) is 23.7 Å². The van der Waals surface area contributed by atoms with Gasteiger partial charge in [-0.15, -0.1) is 0 Å². The number of anilines is 1. The number of esters is 1. The fraction of sp³-hybridized carbons (Fsp3) is 0.375. The highest BCUT2D eigenvalue weighted by Crippen LogP contribution is 2.53. The molecular weight excluding hydrogens is 382 g/mol. The summed E-state index contributed by atoms with van der Waals surface area (Å²) in [7, 11) is 1.52. The minimum Gasteiger partial charge on any atom is -0.495 e. The van der Waals surface area contributed by atoms with E-state index in [0.29, 0.717) is 17.0 Å². The van der Waals surface area contributed by atoms with E-state index in [2.05, 4.69) is 5.32 Å². The molecule has 0 aromatic heterocycles. The number of carbonyl (C=O) groups is 3. The molecule has 2 aliphatic carbocycles. The molecule has 156 valence electrons. The minimum absolute atomic E-state index is 0.00298. The Morgan fingerprint density at radius 2 is 1.60 bits per heavy atom. The number of para-hydroxylation sites is 2. The van der Waals surface area contributed by atoms with Crippen LogP contribution in [0.4, 0.5) is 5.69 Å². The first-order valence-corrected chi connectivity index (χ1v) is 10.3. The van der Waals surface area contributed by atoms with Crippen molar-refractivity contribution in [1.82, 2.24) is 0 Å². The van der Waals surface area contributed by atoms with Gasteiger partial charge in [0, 0.05) is 11.5 Å². The molecule has 0 saturated heterocycles. The van der Waals surface area contributed by atoms with Crippen molar-refractivity contribution in [3.8, 4) is 5.75 Å². The van der Waals surface area contributed by atoms with Gasteiger partial charge in [-0.1, -0.05) is 42.5 Å². The summed E-state index contributed by atoms with van der Waals surface area (Å²) < 4.78 is 10.6. The second-order valence-electron chi connectivity index (χ2n) is 7.97. The maximum absolute atomic E-state index is 13.1. The predicted octanol–water partition coefficient (Wildman–Crippen LogP) is 3.72. The van der Waals surface area contributed by atoms with Crippen molar-refractivity contribution < 1.29 is 23.9 Å². The average molecular weight is 407 g/mol. The molecule has 30 heavy (non-hydrogen) atoms. The second-order valence-corrected chi connectivity index (χ2v) is 7.97. The predicted molar refractivity (Wildman–Crippen MR) is 111 cm³/mol. The fourth-order valence-electron chi connectivity index (χ4n) is 4.97. The van der Waals surface area contributed by atoms with Crippen LogP contribution in [0.15, 0.2) is 54.6 Å². The summed E-state index contributed by atoms with van der Waals surface area (Å²) in [5.41, 5.74) is 1.14. The number of ketones is 1. The number of amides is 1. The quantitative estimate of drug-likeness (QED) is 0.559. The number of methoxy groups -OCH3 is 1. The molecule has 1 N–H and O–H groups in total. The third kappa shape index (κ3) is 3.95. The van der Waals surface area contributed by atoms with Gasteiger partial charge in [-0.3, -0.25) is 14.4 Å². The van der Waals surface area contributed by atoms with Crippen molar-refractivity contribution in [2.75, 3.05) is 19.0 Å². The van der Waals surface area contributed by atoms with Crippen molar-refractivity contribution in [3.05, 3.63) is 60.2 Å². The number of fused-ring (bicyclic) bond motifs is 2. The molecule has 0 aliphatic heterocycles. The zero-order valence-electron chi connectivity index (χ0n) is 16.9. The van der Waals surface area contributed by atoms with Crippen LogP contribution in [0.2, 0.25) is 0 Å². The molecule has 2 aromatic carbocycles. The third-order valence-corrected chi connectivity index (χ3v) is 6.28. The number of ether oxygens (including phenoxy) is 2. The van der Waals surface area contributed by atoms with E-state index in [1.165, 1.54) is 7.11 Å². The average Bonchev–Trinajstić information content (AvgIpc) is 3.40. The zero-order valence-corrected chi connectivity index (χ0v) is 16.9. The van der Waals surface area contributed by atoms with E-state index in [9.17, 15) is 14.4 Å². The Morgan fingerprint density at radius 3 is 2.33 bits per heavy atom. The summed E-state index contributed by atoms with van der Waals surface area (Å²) in [6.45, 7) is -0.392. The summed E-state index contributed by atoms with van der Waals surface area (Å²) in [5.74, 6) is -0.845. The van der Waals surface area contributed by atoms with E-state index >= 15 is 0 Å². The lowest BCUT2D eigenvalue weighted by atomic mass is 9.75. The molecule has 6 heteroatoms. The lowest BCUT2D eigenvalue weighted by Crippen LogP contribution is -2.37. The Balaban J connectivity index is 1.40. The number of nitrogens with one attached hydrogen (secondary N) is 1. The highest BCUT2D eigenvalue weighted by molar-refractivity contribution is 6.01. The lowest BCUT2D eigenvalue weighted by molar-refractivity contribution is -0.154. The van der Waals surface area contributed by atoms with Crippen LogP contribution in [-0.4, -0.2) is 31.4 Å². The van der Waals surface area contributed by atoms with Gasteiger partial charge in [0.1, 0.15) is 5.75 Å². The van der Waals surface area contributed by atoms with E-state index in [-0.39, 0.29) is 23.5 Å². The Kier molecular flexibility index (Phi) is 5.84. The Hall–Kier alpha value is -3.15. The number of hydrogen-bond acceptors (Lipinski definition) is 5. The summed E-state index contributed by atoms with van der Waals surface area (Å²) in [6.07, 6.45) is 2.76. The molecular formula is C24H25NO5. The smallest absolute Gasteiger partial charge is 0.310 e.